The van der Waals surface area contributed by atoms with Crippen LogP contribution in [0.1, 0.15) is 56.6 Å². The van der Waals surface area contributed by atoms with Crippen molar-refractivity contribution >= 4 is 46.8 Å². The van der Waals surface area contributed by atoms with Gasteiger partial charge in [-0.15, -0.1) is 11.8 Å². The zero-order valence-corrected chi connectivity index (χ0v) is 21.7. The lowest BCUT2D eigenvalue weighted by Gasteiger charge is -2.33. The summed E-state index contributed by atoms with van der Waals surface area (Å²) < 4.78 is 13.2. The van der Waals surface area contributed by atoms with Crippen LogP contribution in [0.3, 0.4) is 0 Å². The highest BCUT2D eigenvalue weighted by Gasteiger charge is 2.30. The SMILES string of the molecule is CC[C@@H](C(=O)NC1CCCCC1)N(Cc1ccc(Cl)cc1Cl)C(=O)CSCc1ccc(F)cc1. The molecule has 1 saturated carbocycles. The van der Waals surface area contributed by atoms with Crippen LogP contribution < -0.4 is 5.32 Å². The van der Waals surface area contributed by atoms with Crippen LogP contribution in [0.4, 0.5) is 4.39 Å². The van der Waals surface area contributed by atoms with Crippen LogP contribution in [-0.2, 0) is 21.9 Å². The fourth-order valence-corrected chi connectivity index (χ4v) is 5.56. The molecule has 4 nitrogen and oxygen atoms in total. The van der Waals surface area contributed by atoms with E-state index in [1.165, 1.54) is 30.3 Å². The van der Waals surface area contributed by atoms with Crippen molar-refractivity contribution in [3.05, 3.63) is 69.5 Å². The Morgan fingerprint density at radius 1 is 1.12 bits per heavy atom. The lowest BCUT2D eigenvalue weighted by atomic mass is 9.95. The molecule has 0 aromatic heterocycles. The van der Waals surface area contributed by atoms with Gasteiger partial charge in [0.1, 0.15) is 11.9 Å². The van der Waals surface area contributed by atoms with E-state index in [9.17, 15) is 14.0 Å². The molecule has 2 aromatic carbocycles. The zero-order valence-electron chi connectivity index (χ0n) is 19.4. The van der Waals surface area contributed by atoms with Crippen molar-refractivity contribution in [2.75, 3.05) is 5.75 Å². The molecule has 1 fully saturated rings. The summed E-state index contributed by atoms with van der Waals surface area (Å²) in [5.74, 6) is 0.244. The number of nitrogens with one attached hydrogen (secondary N) is 1. The van der Waals surface area contributed by atoms with E-state index < -0.39 is 6.04 Å². The lowest BCUT2D eigenvalue weighted by molar-refractivity contribution is -0.139. The van der Waals surface area contributed by atoms with Crippen LogP contribution in [0.2, 0.25) is 10.0 Å². The fraction of sp³-hybridized carbons (Fsp3) is 0.462. The first-order valence-corrected chi connectivity index (χ1v) is 13.6. The van der Waals surface area contributed by atoms with Crippen molar-refractivity contribution in [2.45, 2.75) is 69.8 Å². The molecule has 0 radical (unpaired) electrons. The van der Waals surface area contributed by atoms with Crippen molar-refractivity contribution in [1.29, 1.82) is 0 Å². The Kier molecular flexibility index (Phi) is 10.5. The molecular weight excluding hydrogens is 494 g/mol. The first-order chi connectivity index (χ1) is 16.4. The second-order valence-electron chi connectivity index (χ2n) is 8.64. The van der Waals surface area contributed by atoms with E-state index >= 15 is 0 Å². The molecule has 2 amide bonds. The first kappa shape index (κ1) is 26.8. The monoisotopic (exact) mass is 524 g/mol. The molecule has 0 unspecified atom stereocenters. The third-order valence-corrected chi connectivity index (χ3v) is 7.68. The van der Waals surface area contributed by atoms with E-state index in [4.69, 9.17) is 23.2 Å². The minimum absolute atomic E-state index is 0.114. The summed E-state index contributed by atoms with van der Waals surface area (Å²) in [7, 11) is 0. The van der Waals surface area contributed by atoms with Gasteiger partial charge in [-0.25, -0.2) is 4.39 Å². The molecule has 0 heterocycles. The predicted octanol–water partition coefficient (Wildman–Crippen LogP) is 6.62. The molecule has 0 spiro atoms. The minimum atomic E-state index is -0.590. The van der Waals surface area contributed by atoms with Crippen LogP contribution in [-0.4, -0.2) is 34.6 Å². The van der Waals surface area contributed by atoms with Gasteiger partial charge in [-0.2, -0.15) is 0 Å². The van der Waals surface area contributed by atoms with Gasteiger partial charge in [0, 0.05) is 28.4 Å². The Balaban J connectivity index is 1.72. The Bertz CT molecular complexity index is 968. The van der Waals surface area contributed by atoms with Crippen LogP contribution in [0.15, 0.2) is 42.5 Å². The average molecular weight is 526 g/mol. The molecule has 8 heteroatoms. The average Bonchev–Trinajstić information content (AvgIpc) is 2.82. The van der Waals surface area contributed by atoms with Gasteiger partial charge in [-0.05, 0) is 54.7 Å². The van der Waals surface area contributed by atoms with E-state index in [0.717, 1.165) is 36.8 Å². The Hall–Kier alpha value is -1.76. The number of carbonyl (C=O) groups is 2. The number of carbonyl (C=O) groups excluding carboxylic acids is 2. The first-order valence-electron chi connectivity index (χ1n) is 11.7. The van der Waals surface area contributed by atoms with Crippen LogP contribution >= 0.6 is 35.0 Å². The van der Waals surface area contributed by atoms with E-state index in [-0.39, 0.29) is 36.0 Å². The van der Waals surface area contributed by atoms with Crippen molar-refractivity contribution in [1.82, 2.24) is 10.2 Å². The molecule has 2 aromatic rings. The lowest BCUT2D eigenvalue weighted by Crippen LogP contribution is -2.52. The summed E-state index contributed by atoms with van der Waals surface area (Å²) in [6, 6.07) is 11.0. The second kappa shape index (κ2) is 13.4. The van der Waals surface area contributed by atoms with E-state index in [2.05, 4.69) is 5.32 Å². The highest BCUT2D eigenvalue weighted by Crippen LogP contribution is 2.25. The smallest absolute Gasteiger partial charge is 0.243 e. The van der Waals surface area contributed by atoms with Crippen LogP contribution in [0, 0.1) is 5.82 Å². The number of halogens is 3. The number of rotatable bonds is 10. The Morgan fingerprint density at radius 2 is 1.82 bits per heavy atom. The summed E-state index contributed by atoms with van der Waals surface area (Å²) >= 11 is 13.9. The summed E-state index contributed by atoms with van der Waals surface area (Å²) in [5.41, 5.74) is 1.68. The van der Waals surface area contributed by atoms with Gasteiger partial charge in [0.25, 0.3) is 0 Å². The maximum Gasteiger partial charge on any atom is 0.243 e. The molecular formula is C26H31Cl2FN2O2S. The summed E-state index contributed by atoms with van der Waals surface area (Å²) in [4.78, 5) is 28.2. The normalized spacial score (nSPS) is 15.1. The van der Waals surface area contributed by atoms with Crippen molar-refractivity contribution in [3.63, 3.8) is 0 Å². The number of benzene rings is 2. The molecule has 0 bridgehead atoms. The number of nitrogens with zero attached hydrogens (tertiary/aromatic N) is 1. The molecule has 1 N–H and O–H groups in total. The van der Waals surface area contributed by atoms with Gasteiger partial charge >= 0.3 is 0 Å². The maximum atomic E-state index is 13.4. The standard InChI is InChI=1S/C26H31Cl2FN2O2S/c1-2-24(26(33)30-22-6-4-3-5-7-22)31(15-19-10-11-20(27)14-23(19)28)25(32)17-34-16-18-8-12-21(29)13-9-18/h8-14,22,24H,2-7,15-17H2,1H3,(H,30,33)/t24-/m0/s1. The third kappa shape index (κ3) is 7.89. The highest BCUT2D eigenvalue weighted by atomic mass is 35.5. The Labute approximate surface area is 215 Å². The third-order valence-electron chi connectivity index (χ3n) is 6.10. The molecule has 0 saturated heterocycles. The molecule has 1 aliphatic carbocycles. The molecule has 0 aliphatic heterocycles. The number of hydrogen-bond donors (Lipinski definition) is 1. The molecule has 1 atom stereocenters. The van der Waals surface area contributed by atoms with E-state index in [1.54, 1.807) is 35.2 Å². The molecule has 3 rings (SSSR count). The summed E-state index contributed by atoms with van der Waals surface area (Å²) in [6.45, 7) is 2.14. The quantitative estimate of drug-likeness (QED) is 0.379. The van der Waals surface area contributed by atoms with E-state index in [1.807, 2.05) is 6.92 Å². The summed E-state index contributed by atoms with van der Waals surface area (Å²) in [5, 5.41) is 4.15. The molecule has 184 valence electrons. The maximum absolute atomic E-state index is 13.4. The number of hydrogen-bond acceptors (Lipinski definition) is 3. The van der Waals surface area contributed by atoms with Crippen molar-refractivity contribution < 1.29 is 14.0 Å². The topological polar surface area (TPSA) is 49.4 Å². The number of thioether (sulfide) groups is 1. The van der Waals surface area contributed by atoms with Crippen LogP contribution in [0.25, 0.3) is 0 Å². The molecule has 34 heavy (non-hydrogen) atoms. The number of amides is 2. The van der Waals surface area contributed by atoms with E-state index in [0.29, 0.717) is 22.2 Å². The minimum Gasteiger partial charge on any atom is -0.352 e. The second-order valence-corrected chi connectivity index (χ2v) is 10.5. The van der Waals surface area contributed by atoms with Crippen molar-refractivity contribution in [2.24, 2.45) is 0 Å². The predicted molar refractivity (Wildman–Crippen MR) is 139 cm³/mol. The van der Waals surface area contributed by atoms with Crippen molar-refractivity contribution in [3.8, 4) is 0 Å². The fourth-order valence-electron chi connectivity index (χ4n) is 4.22. The highest BCUT2D eigenvalue weighted by molar-refractivity contribution is 7.99. The van der Waals surface area contributed by atoms with Gasteiger partial charge in [0.2, 0.25) is 11.8 Å². The largest absolute Gasteiger partial charge is 0.352 e. The van der Waals surface area contributed by atoms with Gasteiger partial charge < -0.3 is 10.2 Å². The van der Waals surface area contributed by atoms with Gasteiger partial charge in [0.05, 0.1) is 5.75 Å². The Morgan fingerprint density at radius 3 is 2.47 bits per heavy atom. The van der Waals surface area contributed by atoms with Crippen LogP contribution in [0.5, 0.6) is 0 Å². The van der Waals surface area contributed by atoms with Gasteiger partial charge in [0.15, 0.2) is 0 Å². The zero-order chi connectivity index (χ0) is 24.5. The molecule has 1 aliphatic rings. The van der Waals surface area contributed by atoms with Gasteiger partial charge in [-0.3, -0.25) is 9.59 Å². The van der Waals surface area contributed by atoms with Gasteiger partial charge in [-0.1, -0.05) is 67.6 Å². The summed E-state index contributed by atoms with van der Waals surface area (Å²) in [6.07, 6.45) is 5.89.